The van der Waals surface area contributed by atoms with Crippen molar-refractivity contribution < 1.29 is 8.81 Å². The second-order valence-corrected chi connectivity index (χ2v) is 2.48. The normalized spacial score (nSPS) is 10.2. The molecule has 0 radical (unpaired) electrons. The maximum absolute atomic E-state index is 12.8. The number of halogens is 1. The van der Waals surface area contributed by atoms with E-state index in [0.717, 1.165) is 0 Å². The lowest BCUT2D eigenvalue weighted by atomic mass is 10.2. The Balaban J connectivity index is 2.57. The average molecular weight is 179 g/mol. The molecule has 0 aliphatic carbocycles. The summed E-state index contributed by atoms with van der Waals surface area (Å²) in [6.45, 7) is 0. The van der Waals surface area contributed by atoms with Crippen LogP contribution in [0.4, 0.5) is 10.1 Å². The molecule has 1 aromatic heterocycles. The largest absolute Gasteiger partial charge is 0.423 e. The van der Waals surface area contributed by atoms with E-state index in [1.54, 1.807) is 0 Å². The van der Waals surface area contributed by atoms with Gasteiger partial charge in [-0.3, -0.25) is 0 Å². The molecular weight excluding hydrogens is 173 g/mol. The van der Waals surface area contributed by atoms with Gasteiger partial charge in [0, 0.05) is 5.69 Å². The van der Waals surface area contributed by atoms with Crippen molar-refractivity contribution in [2.75, 3.05) is 5.73 Å². The van der Waals surface area contributed by atoms with Crippen LogP contribution >= 0.6 is 0 Å². The monoisotopic (exact) mass is 179 g/mol. The van der Waals surface area contributed by atoms with Crippen LogP contribution in [0.25, 0.3) is 11.5 Å². The number of benzene rings is 1. The molecule has 2 N–H and O–H groups in total. The zero-order valence-electron chi connectivity index (χ0n) is 6.57. The third-order valence-corrected chi connectivity index (χ3v) is 1.61. The molecule has 0 aliphatic heterocycles. The molecule has 66 valence electrons. The Hall–Kier alpha value is -1.91. The van der Waals surface area contributed by atoms with Crippen molar-refractivity contribution in [1.82, 2.24) is 10.2 Å². The quantitative estimate of drug-likeness (QED) is 0.673. The van der Waals surface area contributed by atoms with Gasteiger partial charge in [0.05, 0.1) is 5.56 Å². The number of nitrogen functional groups attached to an aromatic ring is 1. The van der Waals surface area contributed by atoms with Crippen LogP contribution < -0.4 is 5.73 Å². The summed E-state index contributed by atoms with van der Waals surface area (Å²) < 4.78 is 17.7. The van der Waals surface area contributed by atoms with Gasteiger partial charge in [-0.1, -0.05) is 0 Å². The Kier molecular flexibility index (Phi) is 1.70. The van der Waals surface area contributed by atoms with Crippen molar-refractivity contribution in [2.45, 2.75) is 0 Å². The Bertz CT molecular complexity index is 413. The van der Waals surface area contributed by atoms with Crippen LogP contribution in [0.3, 0.4) is 0 Å². The topological polar surface area (TPSA) is 64.9 Å². The van der Waals surface area contributed by atoms with Crippen LogP contribution in [-0.4, -0.2) is 10.2 Å². The van der Waals surface area contributed by atoms with Crippen LogP contribution in [0.15, 0.2) is 29.0 Å². The SMILES string of the molecule is Nc1ccc(F)cc1-c1nnco1. The Labute approximate surface area is 73.2 Å². The minimum atomic E-state index is -0.387. The van der Waals surface area contributed by atoms with E-state index in [4.69, 9.17) is 10.2 Å². The van der Waals surface area contributed by atoms with Crippen LogP contribution in [0.1, 0.15) is 0 Å². The van der Waals surface area contributed by atoms with Gasteiger partial charge in [0.1, 0.15) is 5.82 Å². The van der Waals surface area contributed by atoms with Gasteiger partial charge in [-0.15, -0.1) is 10.2 Å². The Morgan fingerprint density at radius 1 is 1.38 bits per heavy atom. The summed E-state index contributed by atoms with van der Waals surface area (Å²) in [5.41, 5.74) is 6.41. The fourth-order valence-corrected chi connectivity index (χ4v) is 1.00. The molecular formula is C8H6FN3O. The van der Waals surface area contributed by atoms with Gasteiger partial charge in [-0.05, 0) is 18.2 Å². The van der Waals surface area contributed by atoms with Gasteiger partial charge in [-0.25, -0.2) is 4.39 Å². The zero-order chi connectivity index (χ0) is 9.26. The molecule has 0 unspecified atom stereocenters. The van der Waals surface area contributed by atoms with Crippen molar-refractivity contribution in [3.63, 3.8) is 0 Å². The van der Waals surface area contributed by atoms with E-state index in [1.807, 2.05) is 0 Å². The number of rotatable bonds is 1. The maximum Gasteiger partial charge on any atom is 0.249 e. The number of hydrogen-bond acceptors (Lipinski definition) is 4. The van der Waals surface area contributed by atoms with E-state index in [2.05, 4.69) is 10.2 Å². The molecule has 0 saturated heterocycles. The maximum atomic E-state index is 12.8. The summed E-state index contributed by atoms with van der Waals surface area (Å²) in [6.07, 6.45) is 1.17. The predicted octanol–water partition coefficient (Wildman–Crippen LogP) is 1.46. The molecule has 0 aliphatic rings. The number of hydrogen-bond donors (Lipinski definition) is 1. The first-order valence-electron chi connectivity index (χ1n) is 3.59. The van der Waals surface area contributed by atoms with E-state index in [-0.39, 0.29) is 11.7 Å². The third-order valence-electron chi connectivity index (χ3n) is 1.61. The molecule has 0 saturated carbocycles. The van der Waals surface area contributed by atoms with Crippen LogP contribution in [0.5, 0.6) is 0 Å². The van der Waals surface area contributed by atoms with Crippen molar-refractivity contribution in [2.24, 2.45) is 0 Å². The molecule has 0 atom stereocenters. The Morgan fingerprint density at radius 2 is 2.23 bits per heavy atom. The molecule has 1 heterocycles. The van der Waals surface area contributed by atoms with Gasteiger partial charge in [0.15, 0.2) is 0 Å². The molecule has 2 rings (SSSR count). The van der Waals surface area contributed by atoms with E-state index in [9.17, 15) is 4.39 Å². The molecule has 5 heteroatoms. The average Bonchev–Trinajstić information content (AvgIpc) is 2.61. The zero-order valence-corrected chi connectivity index (χ0v) is 6.57. The summed E-state index contributed by atoms with van der Waals surface area (Å²) in [6, 6.07) is 3.98. The minimum Gasteiger partial charge on any atom is -0.423 e. The van der Waals surface area contributed by atoms with E-state index in [1.165, 1.54) is 24.6 Å². The highest BCUT2D eigenvalue weighted by Gasteiger charge is 2.08. The summed E-state index contributed by atoms with van der Waals surface area (Å²) in [4.78, 5) is 0. The van der Waals surface area contributed by atoms with Crippen molar-refractivity contribution in [3.05, 3.63) is 30.4 Å². The second-order valence-electron chi connectivity index (χ2n) is 2.48. The lowest BCUT2D eigenvalue weighted by molar-refractivity contribution is 0.567. The van der Waals surface area contributed by atoms with Gasteiger partial charge in [0.2, 0.25) is 12.3 Å². The molecule has 2 aromatic rings. The van der Waals surface area contributed by atoms with Crippen molar-refractivity contribution in [3.8, 4) is 11.5 Å². The number of nitrogens with zero attached hydrogens (tertiary/aromatic N) is 2. The highest BCUT2D eigenvalue weighted by Crippen LogP contribution is 2.23. The summed E-state index contributed by atoms with van der Waals surface area (Å²) >= 11 is 0. The van der Waals surface area contributed by atoms with Gasteiger partial charge >= 0.3 is 0 Å². The molecule has 4 nitrogen and oxygen atoms in total. The predicted molar refractivity (Wildman–Crippen MR) is 44.1 cm³/mol. The van der Waals surface area contributed by atoms with Crippen LogP contribution in [0.2, 0.25) is 0 Å². The first-order chi connectivity index (χ1) is 6.27. The summed E-state index contributed by atoms with van der Waals surface area (Å²) in [5, 5.41) is 7.10. The molecule has 13 heavy (non-hydrogen) atoms. The number of nitrogens with two attached hydrogens (primary N) is 1. The van der Waals surface area contributed by atoms with Gasteiger partial charge in [-0.2, -0.15) is 0 Å². The van der Waals surface area contributed by atoms with E-state index >= 15 is 0 Å². The number of anilines is 1. The van der Waals surface area contributed by atoms with Crippen LogP contribution in [-0.2, 0) is 0 Å². The minimum absolute atomic E-state index is 0.219. The van der Waals surface area contributed by atoms with Crippen LogP contribution in [0, 0.1) is 5.82 Å². The van der Waals surface area contributed by atoms with Gasteiger partial charge in [0.25, 0.3) is 0 Å². The number of aromatic nitrogens is 2. The molecule has 0 amide bonds. The van der Waals surface area contributed by atoms with Crippen molar-refractivity contribution in [1.29, 1.82) is 0 Å². The third kappa shape index (κ3) is 1.35. The molecule has 1 aromatic carbocycles. The fourth-order valence-electron chi connectivity index (χ4n) is 1.00. The smallest absolute Gasteiger partial charge is 0.249 e. The fraction of sp³-hybridized carbons (Fsp3) is 0. The lowest BCUT2D eigenvalue weighted by Crippen LogP contribution is -1.91. The van der Waals surface area contributed by atoms with E-state index < -0.39 is 0 Å². The standard InChI is InChI=1S/C8H6FN3O/c9-5-1-2-7(10)6(3-5)8-12-11-4-13-8/h1-4H,10H2. The molecule has 0 spiro atoms. The summed E-state index contributed by atoms with van der Waals surface area (Å²) in [5.74, 6) is -0.167. The first-order valence-corrected chi connectivity index (χ1v) is 3.59. The second kappa shape index (κ2) is 2.85. The van der Waals surface area contributed by atoms with Gasteiger partial charge < -0.3 is 10.2 Å². The molecule has 0 bridgehead atoms. The first kappa shape index (κ1) is 7.72. The van der Waals surface area contributed by atoms with E-state index in [0.29, 0.717) is 11.3 Å². The Morgan fingerprint density at radius 3 is 2.92 bits per heavy atom. The lowest BCUT2D eigenvalue weighted by Gasteiger charge is -1.99. The highest BCUT2D eigenvalue weighted by atomic mass is 19.1. The highest BCUT2D eigenvalue weighted by molar-refractivity contribution is 5.69. The summed E-state index contributed by atoms with van der Waals surface area (Å²) in [7, 11) is 0. The van der Waals surface area contributed by atoms with Crippen molar-refractivity contribution >= 4 is 5.69 Å². The molecule has 0 fully saturated rings.